The molecule has 0 spiro atoms. The maximum atomic E-state index is 12.8. The lowest BCUT2D eigenvalue weighted by atomic mass is 10.2. The van der Waals surface area contributed by atoms with Gasteiger partial charge < -0.3 is 0 Å². The predicted octanol–water partition coefficient (Wildman–Crippen LogP) is 3.86. The number of nitrogens with zero attached hydrogens (tertiary/aromatic N) is 1. The zero-order valence-electron chi connectivity index (χ0n) is 12.1. The summed E-state index contributed by atoms with van der Waals surface area (Å²) in [5, 5.41) is 0.608. The Morgan fingerprint density at radius 1 is 1.10 bits per heavy atom. The highest BCUT2D eigenvalue weighted by molar-refractivity contribution is 7.89. The standard InChI is InChI=1S/C16H18ClNO2S/c1-3-18(12-14-8-6-9-15(17)11-14)21(19,20)16-10-5-4-7-13(16)2/h4-11H,3,12H2,1-2H3. The van der Waals surface area contributed by atoms with E-state index in [4.69, 9.17) is 11.6 Å². The first-order chi connectivity index (χ1) is 9.95. The van der Waals surface area contributed by atoms with Gasteiger partial charge in [0.05, 0.1) is 4.90 Å². The van der Waals surface area contributed by atoms with Crippen molar-refractivity contribution in [3.05, 3.63) is 64.7 Å². The molecule has 0 aliphatic heterocycles. The Morgan fingerprint density at radius 3 is 2.43 bits per heavy atom. The molecule has 0 aliphatic rings. The third-order valence-corrected chi connectivity index (χ3v) is 5.63. The molecule has 2 rings (SSSR count). The van der Waals surface area contributed by atoms with E-state index in [9.17, 15) is 8.42 Å². The Balaban J connectivity index is 2.35. The van der Waals surface area contributed by atoms with Gasteiger partial charge in [-0.2, -0.15) is 4.31 Å². The van der Waals surface area contributed by atoms with Crippen LogP contribution in [0.3, 0.4) is 0 Å². The first-order valence-corrected chi connectivity index (χ1v) is 8.57. The first kappa shape index (κ1) is 16.0. The molecule has 0 aromatic heterocycles. The minimum atomic E-state index is -3.50. The molecule has 0 heterocycles. The number of halogens is 1. The van der Waals surface area contributed by atoms with Crippen molar-refractivity contribution in [3.8, 4) is 0 Å². The molecule has 2 aromatic carbocycles. The lowest BCUT2D eigenvalue weighted by Crippen LogP contribution is -2.30. The van der Waals surface area contributed by atoms with E-state index in [1.54, 1.807) is 37.3 Å². The Labute approximate surface area is 131 Å². The van der Waals surface area contributed by atoms with Gasteiger partial charge in [0, 0.05) is 18.1 Å². The number of rotatable bonds is 5. The summed E-state index contributed by atoms with van der Waals surface area (Å²) in [6.45, 7) is 4.36. The van der Waals surface area contributed by atoms with E-state index in [2.05, 4.69) is 0 Å². The van der Waals surface area contributed by atoms with Gasteiger partial charge >= 0.3 is 0 Å². The molecular formula is C16H18ClNO2S. The molecule has 112 valence electrons. The van der Waals surface area contributed by atoms with Crippen LogP contribution in [0.25, 0.3) is 0 Å². The Kier molecular flexibility index (Phi) is 5.04. The number of hydrogen-bond donors (Lipinski definition) is 0. The van der Waals surface area contributed by atoms with Gasteiger partial charge in [0.1, 0.15) is 0 Å². The fraction of sp³-hybridized carbons (Fsp3) is 0.250. The van der Waals surface area contributed by atoms with E-state index in [1.165, 1.54) is 4.31 Å². The molecule has 0 aliphatic carbocycles. The minimum absolute atomic E-state index is 0.313. The lowest BCUT2D eigenvalue weighted by molar-refractivity contribution is 0.423. The number of aryl methyl sites for hydroxylation is 1. The molecule has 0 unspecified atom stereocenters. The van der Waals surface area contributed by atoms with Crippen molar-refractivity contribution in [2.45, 2.75) is 25.3 Å². The van der Waals surface area contributed by atoms with Crippen LogP contribution in [-0.2, 0) is 16.6 Å². The summed E-state index contributed by atoms with van der Waals surface area (Å²) < 4.78 is 27.0. The van der Waals surface area contributed by atoms with Crippen molar-refractivity contribution in [3.63, 3.8) is 0 Å². The first-order valence-electron chi connectivity index (χ1n) is 6.75. The minimum Gasteiger partial charge on any atom is -0.207 e. The molecule has 2 aromatic rings. The van der Waals surface area contributed by atoms with Crippen LogP contribution in [0.5, 0.6) is 0 Å². The molecule has 21 heavy (non-hydrogen) atoms. The highest BCUT2D eigenvalue weighted by Crippen LogP contribution is 2.22. The molecule has 0 fully saturated rings. The van der Waals surface area contributed by atoms with Gasteiger partial charge in [-0.15, -0.1) is 0 Å². The molecule has 0 bridgehead atoms. The zero-order valence-corrected chi connectivity index (χ0v) is 13.7. The largest absolute Gasteiger partial charge is 0.243 e. The second kappa shape index (κ2) is 6.60. The summed E-state index contributed by atoms with van der Waals surface area (Å²) in [6, 6.07) is 14.3. The van der Waals surface area contributed by atoms with Crippen molar-refractivity contribution < 1.29 is 8.42 Å². The third kappa shape index (κ3) is 3.64. The molecular weight excluding hydrogens is 306 g/mol. The van der Waals surface area contributed by atoms with Crippen LogP contribution in [0.15, 0.2) is 53.4 Å². The van der Waals surface area contributed by atoms with Gasteiger partial charge in [-0.3, -0.25) is 0 Å². The second-order valence-electron chi connectivity index (χ2n) is 4.83. The van der Waals surface area contributed by atoms with Gasteiger partial charge in [-0.25, -0.2) is 8.42 Å². The second-order valence-corrected chi connectivity index (χ2v) is 7.17. The van der Waals surface area contributed by atoms with Crippen LogP contribution in [-0.4, -0.2) is 19.3 Å². The Hall–Kier alpha value is -1.36. The number of hydrogen-bond acceptors (Lipinski definition) is 2. The van der Waals surface area contributed by atoms with E-state index in [-0.39, 0.29) is 0 Å². The van der Waals surface area contributed by atoms with Crippen molar-refractivity contribution in [2.75, 3.05) is 6.54 Å². The summed E-state index contributed by atoms with van der Waals surface area (Å²) in [7, 11) is -3.50. The summed E-state index contributed by atoms with van der Waals surface area (Å²) in [6.07, 6.45) is 0. The quantitative estimate of drug-likeness (QED) is 0.838. The van der Waals surface area contributed by atoms with Crippen molar-refractivity contribution >= 4 is 21.6 Å². The van der Waals surface area contributed by atoms with E-state index in [1.807, 2.05) is 25.1 Å². The highest BCUT2D eigenvalue weighted by Gasteiger charge is 2.24. The molecule has 0 saturated carbocycles. The predicted molar refractivity (Wildman–Crippen MR) is 85.9 cm³/mol. The van der Waals surface area contributed by atoms with E-state index >= 15 is 0 Å². The van der Waals surface area contributed by atoms with Crippen LogP contribution < -0.4 is 0 Å². The number of sulfonamides is 1. The Bertz CT molecular complexity index is 729. The molecule has 0 saturated heterocycles. The maximum Gasteiger partial charge on any atom is 0.243 e. The van der Waals surface area contributed by atoms with E-state index < -0.39 is 10.0 Å². The smallest absolute Gasteiger partial charge is 0.207 e. The summed E-state index contributed by atoms with van der Waals surface area (Å²) in [5.74, 6) is 0. The van der Waals surface area contributed by atoms with E-state index in [0.717, 1.165) is 11.1 Å². The highest BCUT2D eigenvalue weighted by atomic mass is 35.5. The normalized spacial score (nSPS) is 11.8. The van der Waals surface area contributed by atoms with Gasteiger partial charge in [-0.05, 0) is 36.2 Å². The Morgan fingerprint density at radius 2 is 1.81 bits per heavy atom. The lowest BCUT2D eigenvalue weighted by Gasteiger charge is -2.21. The molecule has 3 nitrogen and oxygen atoms in total. The van der Waals surface area contributed by atoms with Crippen LogP contribution >= 0.6 is 11.6 Å². The fourth-order valence-electron chi connectivity index (χ4n) is 2.19. The summed E-state index contributed by atoms with van der Waals surface area (Å²) in [5.41, 5.74) is 1.63. The van der Waals surface area contributed by atoms with Crippen LogP contribution in [0.2, 0.25) is 5.02 Å². The molecule has 0 N–H and O–H groups in total. The summed E-state index contributed by atoms with van der Waals surface area (Å²) in [4.78, 5) is 0.355. The van der Waals surface area contributed by atoms with Crippen LogP contribution in [0, 0.1) is 6.92 Å². The van der Waals surface area contributed by atoms with Crippen molar-refractivity contribution in [1.82, 2.24) is 4.31 Å². The average molecular weight is 324 g/mol. The topological polar surface area (TPSA) is 37.4 Å². The molecule has 0 atom stereocenters. The summed E-state index contributed by atoms with van der Waals surface area (Å²) >= 11 is 5.96. The fourth-order valence-corrected chi connectivity index (χ4v) is 4.07. The number of benzene rings is 2. The maximum absolute atomic E-state index is 12.8. The zero-order chi connectivity index (χ0) is 15.5. The monoisotopic (exact) mass is 323 g/mol. The molecule has 0 radical (unpaired) electrons. The third-order valence-electron chi connectivity index (χ3n) is 3.31. The van der Waals surface area contributed by atoms with Gasteiger partial charge in [-0.1, -0.05) is 48.9 Å². The van der Waals surface area contributed by atoms with Crippen LogP contribution in [0.4, 0.5) is 0 Å². The van der Waals surface area contributed by atoms with Gasteiger partial charge in [0.25, 0.3) is 0 Å². The molecule has 0 amide bonds. The van der Waals surface area contributed by atoms with Crippen molar-refractivity contribution in [2.24, 2.45) is 0 Å². The SMILES string of the molecule is CCN(Cc1cccc(Cl)c1)S(=O)(=O)c1ccccc1C. The van der Waals surface area contributed by atoms with Crippen molar-refractivity contribution in [1.29, 1.82) is 0 Å². The van der Waals surface area contributed by atoms with Gasteiger partial charge in [0.2, 0.25) is 10.0 Å². The van der Waals surface area contributed by atoms with Gasteiger partial charge in [0.15, 0.2) is 0 Å². The molecule has 5 heteroatoms. The van der Waals surface area contributed by atoms with E-state index in [0.29, 0.717) is 23.0 Å². The average Bonchev–Trinajstić information content (AvgIpc) is 2.45. The van der Waals surface area contributed by atoms with Crippen LogP contribution in [0.1, 0.15) is 18.1 Å².